The van der Waals surface area contributed by atoms with Crippen LogP contribution in [0.3, 0.4) is 0 Å². The van der Waals surface area contributed by atoms with Crippen LogP contribution in [0.5, 0.6) is 0 Å². The van der Waals surface area contributed by atoms with E-state index >= 15 is 0 Å². The second-order valence-corrected chi connectivity index (χ2v) is 20.7. The summed E-state index contributed by atoms with van der Waals surface area (Å²) >= 11 is 0. The average Bonchev–Trinajstić information content (AvgIpc) is 2.47. The van der Waals surface area contributed by atoms with Crippen molar-refractivity contribution in [2.75, 3.05) is 19.8 Å². The third-order valence-electron chi connectivity index (χ3n) is 3.43. The molecule has 0 aromatic heterocycles. The number of hydrogen-bond donors (Lipinski definition) is 0. The number of hydrogen-bond acceptors (Lipinski definition) is 6. The Labute approximate surface area is 186 Å². The van der Waals surface area contributed by atoms with Crippen LogP contribution in [0.4, 0.5) is 0 Å². The minimum absolute atomic E-state index is 0.414. The highest BCUT2D eigenvalue weighted by Crippen LogP contribution is 2.28. The van der Waals surface area contributed by atoms with E-state index in [2.05, 4.69) is 51.8 Å². The lowest BCUT2D eigenvalue weighted by Gasteiger charge is -2.44. The van der Waals surface area contributed by atoms with Crippen molar-refractivity contribution >= 4 is 35.9 Å². The van der Waals surface area contributed by atoms with Crippen LogP contribution in [0.25, 0.3) is 0 Å². The molecule has 0 aliphatic carbocycles. The van der Waals surface area contributed by atoms with Gasteiger partial charge in [0.25, 0.3) is 0 Å². The Kier molecular flexibility index (Phi) is 12.3. The van der Waals surface area contributed by atoms with Crippen LogP contribution in [-0.4, -0.2) is 61.3 Å². The molecule has 0 bridgehead atoms. The van der Waals surface area contributed by atoms with E-state index < -0.39 is 31.3 Å². The van der Waals surface area contributed by atoms with Crippen molar-refractivity contribution in [3.63, 3.8) is 0 Å². The average molecular weight is 482 g/mol. The summed E-state index contributed by atoms with van der Waals surface area (Å²) in [5.41, 5.74) is -1.47. The summed E-state index contributed by atoms with van der Waals surface area (Å²) in [4.78, 5) is 0. The van der Waals surface area contributed by atoms with Crippen LogP contribution in [0.15, 0.2) is 0 Å². The minimum Gasteiger partial charge on any atom is -0.394 e. The van der Waals surface area contributed by atoms with E-state index in [1.165, 1.54) is 0 Å². The van der Waals surface area contributed by atoms with Crippen LogP contribution in [0, 0.1) is 17.8 Å². The summed E-state index contributed by atoms with van der Waals surface area (Å²) in [5.74, 6) is 1.24. The summed E-state index contributed by atoms with van der Waals surface area (Å²) in [5, 5.41) is 0. The van der Waals surface area contributed by atoms with Gasteiger partial charge in [0.2, 0.25) is 5.60 Å². The molecule has 3 radical (unpaired) electrons. The summed E-state index contributed by atoms with van der Waals surface area (Å²) < 4.78 is 37.3. The molecule has 0 rings (SSSR count). The SMILES string of the molecule is CC(C)CO[Si](C)(C)OC([Si])(O[Si](C)(C)OCC(C)C)O[Si](C)(C)OCC(C)C. The maximum atomic E-state index is 6.36. The molecule has 0 amide bonds. The molecule has 0 unspecified atom stereocenters. The standard InChI is InChI=1S/C19H45O6Si4/c1-16(2)13-20-27(7,8)23-19(26,24-28(9,10)21-14-17(3)4)25-29(11,12)22-15-18(5)6/h16-18H,13-15H2,1-12H3. The first kappa shape index (κ1) is 29.6. The van der Waals surface area contributed by atoms with Gasteiger partial charge in [0.05, 0.1) is 0 Å². The van der Waals surface area contributed by atoms with Gasteiger partial charge in [0.1, 0.15) is 0 Å². The fourth-order valence-electron chi connectivity index (χ4n) is 2.22. The molecule has 0 atom stereocenters. The predicted octanol–water partition coefficient (Wildman–Crippen LogP) is 4.94. The molecule has 173 valence electrons. The second kappa shape index (κ2) is 12.0. The Hall–Kier alpha value is 0.628. The van der Waals surface area contributed by atoms with Crippen LogP contribution in [0.2, 0.25) is 39.3 Å². The fraction of sp³-hybridized carbons (Fsp3) is 1.00. The minimum atomic E-state index is -2.56. The van der Waals surface area contributed by atoms with Crippen molar-refractivity contribution in [2.24, 2.45) is 17.8 Å². The van der Waals surface area contributed by atoms with Crippen molar-refractivity contribution in [3.05, 3.63) is 0 Å². The van der Waals surface area contributed by atoms with Gasteiger partial charge in [-0.05, 0) is 57.0 Å². The first-order chi connectivity index (χ1) is 12.9. The molecule has 0 saturated heterocycles. The maximum Gasteiger partial charge on any atom is 0.335 e. The van der Waals surface area contributed by atoms with Gasteiger partial charge in [-0.2, -0.15) is 0 Å². The molecule has 0 saturated carbocycles. The predicted molar refractivity (Wildman–Crippen MR) is 127 cm³/mol. The maximum absolute atomic E-state index is 6.36. The Morgan fingerprint density at radius 1 is 0.552 bits per heavy atom. The van der Waals surface area contributed by atoms with Gasteiger partial charge in [0, 0.05) is 19.8 Å². The van der Waals surface area contributed by atoms with Gasteiger partial charge in [-0.15, -0.1) is 0 Å². The van der Waals surface area contributed by atoms with E-state index in [0.717, 1.165) is 0 Å². The van der Waals surface area contributed by atoms with Crippen molar-refractivity contribution in [1.82, 2.24) is 0 Å². The van der Waals surface area contributed by atoms with Crippen LogP contribution in [-0.2, 0) is 26.6 Å². The largest absolute Gasteiger partial charge is 0.394 e. The zero-order valence-electron chi connectivity index (χ0n) is 20.8. The second-order valence-electron chi connectivity index (χ2n) is 10.2. The van der Waals surface area contributed by atoms with Crippen LogP contribution in [0.1, 0.15) is 41.5 Å². The highest BCUT2D eigenvalue weighted by atomic mass is 28.4. The molecule has 0 fully saturated rings. The monoisotopic (exact) mass is 481 g/mol. The third-order valence-corrected chi connectivity index (χ3v) is 9.22. The highest BCUT2D eigenvalue weighted by molar-refractivity contribution is 6.68. The molecule has 0 aliphatic rings. The smallest absolute Gasteiger partial charge is 0.335 e. The molecular weight excluding hydrogens is 437 g/mol. The van der Waals surface area contributed by atoms with E-state index in [1.54, 1.807) is 0 Å². The lowest BCUT2D eigenvalue weighted by Crippen LogP contribution is -2.60. The molecule has 0 N–H and O–H groups in total. The normalized spacial score (nSPS) is 14.5. The van der Waals surface area contributed by atoms with E-state index in [4.69, 9.17) is 26.6 Å². The Morgan fingerprint density at radius 3 is 0.931 bits per heavy atom. The van der Waals surface area contributed by atoms with Gasteiger partial charge in [-0.1, -0.05) is 41.5 Å². The molecule has 0 spiro atoms. The third kappa shape index (κ3) is 15.1. The zero-order chi connectivity index (χ0) is 23.1. The Bertz CT molecular complexity index is 405. The summed E-state index contributed by atoms with van der Waals surface area (Å²) in [6, 6.07) is 0. The lowest BCUT2D eigenvalue weighted by molar-refractivity contribution is -0.226. The molecule has 29 heavy (non-hydrogen) atoms. The topological polar surface area (TPSA) is 55.4 Å². The first-order valence-electron chi connectivity index (χ1n) is 10.6. The summed E-state index contributed by atoms with van der Waals surface area (Å²) in [6.45, 7) is 26.5. The van der Waals surface area contributed by atoms with Gasteiger partial charge in [-0.3, -0.25) is 0 Å². The fourth-order valence-corrected chi connectivity index (χ4v) is 9.26. The van der Waals surface area contributed by atoms with E-state index in [-0.39, 0.29) is 0 Å². The molecule has 0 heterocycles. The molecule has 10 heteroatoms. The molecule has 6 nitrogen and oxygen atoms in total. The van der Waals surface area contributed by atoms with Crippen LogP contribution < -0.4 is 0 Å². The summed E-state index contributed by atoms with van der Waals surface area (Å²) in [6.07, 6.45) is 0. The van der Waals surface area contributed by atoms with Gasteiger partial charge in [0.15, 0.2) is 10.2 Å². The van der Waals surface area contributed by atoms with Crippen LogP contribution >= 0.6 is 0 Å². The molecule has 0 aliphatic heterocycles. The molecular formula is C19H45O6Si4. The zero-order valence-corrected chi connectivity index (χ0v) is 24.8. The van der Waals surface area contributed by atoms with E-state index in [1.807, 2.05) is 39.3 Å². The van der Waals surface area contributed by atoms with Crippen molar-refractivity contribution in [1.29, 1.82) is 0 Å². The Morgan fingerprint density at radius 2 is 0.759 bits per heavy atom. The van der Waals surface area contributed by atoms with E-state index in [0.29, 0.717) is 37.6 Å². The highest BCUT2D eigenvalue weighted by Gasteiger charge is 2.47. The summed E-state index contributed by atoms with van der Waals surface area (Å²) in [7, 11) is -3.99. The molecule has 0 aromatic carbocycles. The van der Waals surface area contributed by atoms with Crippen molar-refractivity contribution < 1.29 is 26.6 Å². The lowest BCUT2D eigenvalue weighted by atomic mass is 10.2. The molecule has 0 aromatic rings. The quantitative estimate of drug-likeness (QED) is 0.244. The van der Waals surface area contributed by atoms with E-state index in [9.17, 15) is 0 Å². The van der Waals surface area contributed by atoms with Gasteiger partial charge >= 0.3 is 25.7 Å². The van der Waals surface area contributed by atoms with Crippen molar-refractivity contribution in [3.8, 4) is 0 Å². The Balaban J connectivity index is 5.49. The van der Waals surface area contributed by atoms with Crippen molar-refractivity contribution in [2.45, 2.75) is 86.4 Å². The number of rotatable bonds is 15. The van der Waals surface area contributed by atoms with Gasteiger partial charge < -0.3 is 26.6 Å². The first-order valence-corrected chi connectivity index (χ1v) is 19.6. The van der Waals surface area contributed by atoms with Gasteiger partial charge in [-0.25, -0.2) is 0 Å².